The number of Topliss-reactive ketones (excluding diaryl/α,β-unsaturated/α-hetero) is 1. The summed E-state index contributed by atoms with van der Waals surface area (Å²) in [6, 6.07) is 1.71. The minimum Gasteiger partial charge on any atom is -0.314 e. The number of hydrogen-bond donors (Lipinski definition) is 1. The number of nitrogens with zero attached hydrogens (tertiary/aromatic N) is 2. The maximum Gasteiger partial charge on any atom is 0.331 e. The number of aromatic nitrogens is 3. The van der Waals surface area contributed by atoms with E-state index < -0.39 is 0 Å². The molecule has 0 spiro atoms. The van der Waals surface area contributed by atoms with Gasteiger partial charge in [-0.3, -0.25) is 4.79 Å². The molecule has 0 aliphatic heterocycles. The van der Waals surface area contributed by atoms with Crippen molar-refractivity contribution < 1.29 is 4.79 Å². The number of unbranched alkanes of at least 4 members (excludes halogenated alkanes) is 2. The van der Waals surface area contributed by atoms with Gasteiger partial charge in [0.05, 0.1) is 5.69 Å². The third-order valence-electron chi connectivity index (χ3n) is 2.94. The molecule has 2 aromatic rings. The summed E-state index contributed by atoms with van der Waals surface area (Å²) in [7, 11) is 0. The van der Waals surface area contributed by atoms with Crippen LogP contribution in [0.15, 0.2) is 23.3 Å². The summed E-state index contributed by atoms with van der Waals surface area (Å²) in [4.78, 5) is 30.1. The lowest BCUT2D eigenvalue weighted by molar-refractivity contribution is -0.118. The van der Waals surface area contributed by atoms with E-state index >= 15 is 0 Å². The molecule has 0 bridgehead atoms. The number of H-pyrrole nitrogens is 1. The summed E-state index contributed by atoms with van der Waals surface area (Å²) in [6.45, 7) is 2.11. The minimum atomic E-state index is -0.249. The fraction of sp³-hybridized carbons (Fsp3) is 0.462. The first-order valence-electron chi connectivity index (χ1n) is 6.28. The molecule has 0 radical (unpaired) electrons. The van der Waals surface area contributed by atoms with Gasteiger partial charge < -0.3 is 4.98 Å². The standard InChI is InChI=1S/C13H17N3O2/c1-2-3-4-5-11(17)8-10-9-15-12-6-7-14-13(18)16(10)12/h6-7,9H,2-5,8H2,1H3,(H,14,18). The van der Waals surface area contributed by atoms with Gasteiger partial charge in [0.25, 0.3) is 0 Å². The Labute approximate surface area is 105 Å². The van der Waals surface area contributed by atoms with Gasteiger partial charge in [-0.1, -0.05) is 19.8 Å². The van der Waals surface area contributed by atoms with Crippen LogP contribution < -0.4 is 5.69 Å². The molecule has 96 valence electrons. The van der Waals surface area contributed by atoms with Crippen molar-refractivity contribution in [2.24, 2.45) is 0 Å². The van der Waals surface area contributed by atoms with Crippen LogP contribution >= 0.6 is 0 Å². The van der Waals surface area contributed by atoms with E-state index in [2.05, 4.69) is 16.9 Å². The Balaban J connectivity index is 2.12. The van der Waals surface area contributed by atoms with Crippen molar-refractivity contribution in [1.82, 2.24) is 14.4 Å². The molecule has 0 fully saturated rings. The van der Waals surface area contributed by atoms with Crippen LogP contribution in [0.4, 0.5) is 0 Å². The second-order valence-electron chi connectivity index (χ2n) is 4.40. The molecular weight excluding hydrogens is 230 g/mol. The molecule has 5 heteroatoms. The molecule has 5 nitrogen and oxygen atoms in total. The van der Waals surface area contributed by atoms with Crippen LogP contribution in [0.2, 0.25) is 0 Å². The average Bonchev–Trinajstić information content (AvgIpc) is 2.74. The van der Waals surface area contributed by atoms with Crippen molar-refractivity contribution in [3.8, 4) is 0 Å². The molecule has 0 saturated carbocycles. The van der Waals surface area contributed by atoms with Crippen LogP contribution in [0.5, 0.6) is 0 Å². The van der Waals surface area contributed by atoms with Gasteiger partial charge in [0.15, 0.2) is 0 Å². The van der Waals surface area contributed by atoms with Crippen molar-refractivity contribution in [2.45, 2.75) is 39.0 Å². The molecule has 2 heterocycles. The van der Waals surface area contributed by atoms with E-state index in [0.717, 1.165) is 19.3 Å². The molecule has 0 saturated heterocycles. The second kappa shape index (κ2) is 5.62. The average molecular weight is 247 g/mol. The van der Waals surface area contributed by atoms with E-state index in [1.165, 1.54) is 4.40 Å². The predicted octanol–water partition coefficient (Wildman–Crippen LogP) is 1.71. The first kappa shape index (κ1) is 12.5. The molecule has 2 aromatic heterocycles. The van der Waals surface area contributed by atoms with Crippen LogP contribution in [-0.4, -0.2) is 20.2 Å². The van der Waals surface area contributed by atoms with Crippen LogP contribution in [0.3, 0.4) is 0 Å². The number of rotatable bonds is 6. The smallest absolute Gasteiger partial charge is 0.314 e. The highest BCUT2D eigenvalue weighted by atomic mass is 16.1. The van der Waals surface area contributed by atoms with Gasteiger partial charge in [0, 0.05) is 25.2 Å². The third kappa shape index (κ3) is 2.67. The minimum absolute atomic E-state index is 0.161. The van der Waals surface area contributed by atoms with Crippen LogP contribution in [0.25, 0.3) is 5.65 Å². The maximum atomic E-state index is 11.8. The molecule has 0 amide bonds. The molecule has 18 heavy (non-hydrogen) atoms. The van der Waals surface area contributed by atoms with Gasteiger partial charge in [-0.2, -0.15) is 0 Å². The molecule has 2 rings (SSSR count). The number of carbonyl (C=O) groups is 1. The summed E-state index contributed by atoms with van der Waals surface area (Å²) in [6.07, 6.45) is 7.09. The Morgan fingerprint density at radius 1 is 1.44 bits per heavy atom. The molecule has 0 aliphatic carbocycles. The third-order valence-corrected chi connectivity index (χ3v) is 2.94. The van der Waals surface area contributed by atoms with Gasteiger partial charge in [-0.25, -0.2) is 14.2 Å². The normalized spacial score (nSPS) is 10.9. The van der Waals surface area contributed by atoms with Crippen molar-refractivity contribution in [3.05, 3.63) is 34.6 Å². The highest BCUT2D eigenvalue weighted by Crippen LogP contribution is 2.07. The van der Waals surface area contributed by atoms with E-state index in [1.54, 1.807) is 18.5 Å². The summed E-state index contributed by atoms with van der Waals surface area (Å²) < 4.78 is 1.46. The van der Waals surface area contributed by atoms with Gasteiger partial charge >= 0.3 is 5.69 Å². The van der Waals surface area contributed by atoms with Crippen LogP contribution in [0.1, 0.15) is 38.3 Å². The maximum absolute atomic E-state index is 11.8. The monoisotopic (exact) mass is 247 g/mol. The van der Waals surface area contributed by atoms with Gasteiger partial charge in [-0.15, -0.1) is 0 Å². The van der Waals surface area contributed by atoms with Crippen molar-refractivity contribution in [3.63, 3.8) is 0 Å². The number of imidazole rings is 1. The largest absolute Gasteiger partial charge is 0.331 e. The lowest BCUT2D eigenvalue weighted by atomic mass is 10.1. The van der Waals surface area contributed by atoms with Crippen molar-refractivity contribution in [1.29, 1.82) is 0 Å². The zero-order valence-electron chi connectivity index (χ0n) is 10.5. The highest BCUT2D eigenvalue weighted by Gasteiger charge is 2.10. The molecule has 0 aliphatic rings. The van der Waals surface area contributed by atoms with Crippen molar-refractivity contribution in [2.75, 3.05) is 0 Å². The van der Waals surface area contributed by atoms with Gasteiger partial charge in [-0.05, 0) is 12.5 Å². The van der Waals surface area contributed by atoms with Crippen molar-refractivity contribution >= 4 is 11.4 Å². The van der Waals surface area contributed by atoms with Gasteiger partial charge in [0.1, 0.15) is 11.4 Å². The molecule has 0 atom stereocenters. The Bertz CT molecular complexity index is 598. The number of fused-ring (bicyclic) bond motifs is 1. The number of nitrogens with one attached hydrogen (secondary N) is 1. The second-order valence-corrected chi connectivity index (χ2v) is 4.40. The Morgan fingerprint density at radius 2 is 2.28 bits per heavy atom. The molecule has 0 aromatic carbocycles. The fourth-order valence-electron chi connectivity index (χ4n) is 1.99. The number of carbonyl (C=O) groups excluding carboxylic acids is 1. The number of ketones is 1. The Morgan fingerprint density at radius 3 is 3.06 bits per heavy atom. The molecule has 0 unspecified atom stereocenters. The van der Waals surface area contributed by atoms with E-state index in [-0.39, 0.29) is 17.9 Å². The van der Waals surface area contributed by atoms with Crippen LogP contribution in [0, 0.1) is 0 Å². The summed E-state index contributed by atoms with van der Waals surface area (Å²) in [5.41, 5.74) is 0.991. The predicted molar refractivity (Wildman–Crippen MR) is 68.7 cm³/mol. The van der Waals surface area contributed by atoms with Crippen LogP contribution in [-0.2, 0) is 11.2 Å². The molecule has 1 N–H and O–H groups in total. The lowest BCUT2D eigenvalue weighted by Crippen LogP contribution is -2.18. The lowest BCUT2D eigenvalue weighted by Gasteiger charge is -2.00. The Hall–Kier alpha value is -1.91. The van der Waals surface area contributed by atoms with E-state index in [1.807, 2.05) is 0 Å². The number of aromatic amines is 1. The van der Waals surface area contributed by atoms with E-state index in [4.69, 9.17) is 0 Å². The topological polar surface area (TPSA) is 67.2 Å². The Kier molecular flexibility index (Phi) is 3.92. The molecular formula is C13H17N3O2. The van der Waals surface area contributed by atoms with E-state index in [0.29, 0.717) is 17.8 Å². The first-order chi connectivity index (χ1) is 8.72. The fourth-order valence-corrected chi connectivity index (χ4v) is 1.99. The summed E-state index contributed by atoms with van der Waals surface area (Å²) in [5.74, 6) is 0.161. The quantitative estimate of drug-likeness (QED) is 0.790. The number of hydrogen-bond acceptors (Lipinski definition) is 3. The summed E-state index contributed by atoms with van der Waals surface area (Å²) >= 11 is 0. The zero-order valence-corrected chi connectivity index (χ0v) is 10.5. The zero-order chi connectivity index (χ0) is 13.0. The summed E-state index contributed by atoms with van der Waals surface area (Å²) in [5, 5.41) is 0. The van der Waals surface area contributed by atoms with E-state index in [9.17, 15) is 9.59 Å². The van der Waals surface area contributed by atoms with Gasteiger partial charge in [0.2, 0.25) is 0 Å². The first-order valence-corrected chi connectivity index (χ1v) is 6.28. The highest BCUT2D eigenvalue weighted by molar-refractivity contribution is 5.80. The SMILES string of the molecule is CCCCCC(=O)Cc1cnc2cc[nH]c(=O)n12.